The number of carbonyl (C=O) groups is 1. The molecule has 0 radical (unpaired) electrons. The maximum Gasteiger partial charge on any atom is 0.274 e. The number of thioether (sulfide) groups is 1. The number of hydrogen-bond acceptors (Lipinski definition) is 6. The molecule has 0 bridgehead atoms. The fraction of sp³-hybridized carbons (Fsp3) is 0.370. The number of nitrogens with one attached hydrogen (secondary N) is 1. The van der Waals surface area contributed by atoms with Crippen LogP contribution in [0.3, 0.4) is 0 Å². The zero-order valence-corrected chi connectivity index (χ0v) is 20.1. The number of benzene rings is 2. The molecule has 33 heavy (non-hydrogen) atoms. The Morgan fingerprint density at radius 2 is 2.03 bits per heavy atom. The largest absolute Gasteiger partial charge is 0.364 e. The minimum Gasteiger partial charge on any atom is -0.364 e. The van der Waals surface area contributed by atoms with Crippen molar-refractivity contribution in [1.29, 1.82) is 0 Å². The fourth-order valence-electron chi connectivity index (χ4n) is 4.79. The van der Waals surface area contributed by atoms with Gasteiger partial charge in [-0.1, -0.05) is 74.5 Å². The number of carbonyl (C=O) groups excluding carboxylic acids is 1. The maximum absolute atomic E-state index is 12.6. The smallest absolute Gasteiger partial charge is 0.274 e. The molecule has 0 spiro atoms. The van der Waals surface area contributed by atoms with Gasteiger partial charge >= 0.3 is 0 Å². The summed E-state index contributed by atoms with van der Waals surface area (Å²) in [7, 11) is 0. The van der Waals surface area contributed by atoms with Crippen molar-refractivity contribution in [2.45, 2.75) is 51.3 Å². The van der Waals surface area contributed by atoms with Crippen molar-refractivity contribution in [3.05, 3.63) is 76.5 Å². The summed E-state index contributed by atoms with van der Waals surface area (Å²) in [5.74, 6) is 2.29. The lowest BCUT2D eigenvalue weighted by molar-refractivity contribution is -0.123. The minimum absolute atomic E-state index is 0.130. The van der Waals surface area contributed by atoms with E-state index in [1.165, 1.54) is 16.7 Å². The Bertz CT molecular complexity index is 1190. The average molecular weight is 460 g/mol. The molecule has 3 aromatic rings. The SMILES string of the molecule is CC[C@@H](C)C(=O)C[C@@H]1Cc2c(-c3noc(C4=CSC(c5ccccc5)N4)n3)cccc2C1C. The van der Waals surface area contributed by atoms with Crippen molar-refractivity contribution >= 4 is 23.2 Å². The number of hydrogen-bond donors (Lipinski definition) is 1. The molecule has 6 heteroatoms. The van der Waals surface area contributed by atoms with Crippen molar-refractivity contribution in [3.63, 3.8) is 0 Å². The molecule has 170 valence electrons. The Morgan fingerprint density at radius 3 is 2.82 bits per heavy atom. The molecular formula is C27H29N3O2S. The average Bonchev–Trinajstić information content (AvgIpc) is 3.58. The summed E-state index contributed by atoms with van der Waals surface area (Å²) in [6, 6.07) is 16.6. The van der Waals surface area contributed by atoms with Crippen molar-refractivity contribution in [1.82, 2.24) is 15.5 Å². The van der Waals surface area contributed by atoms with Crippen molar-refractivity contribution in [3.8, 4) is 11.4 Å². The Kier molecular flexibility index (Phi) is 6.11. The standard InChI is InChI=1S/C27H29N3O2S/c1-4-16(2)24(31)14-19-13-22-20(17(19)3)11-8-12-21(22)25-29-26(32-30-25)23-15-33-27(28-23)18-9-6-5-7-10-18/h5-12,15-17,19,27-28H,4,13-14H2,1-3H3/t16-,17?,19+,27?/m1/s1. The maximum atomic E-state index is 12.6. The van der Waals surface area contributed by atoms with Crippen molar-refractivity contribution in [2.24, 2.45) is 11.8 Å². The van der Waals surface area contributed by atoms with Crippen LogP contribution in [0.2, 0.25) is 0 Å². The second-order valence-electron chi connectivity index (χ2n) is 9.13. The second-order valence-corrected chi connectivity index (χ2v) is 10.1. The first kappa shape index (κ1) is 22.0. The number of ketones is 1. The summed E-state index contributed by atoms with van der Waals surface area (Å²) >= 11 is 1.70. The zero-order chi connectivity index (χ0) is 22.9. The molecule has 2 aliphatic rings. The minimum atomic E-state index is 0.130. The van der Waals surface area contributed by atoms with Crippen molar-refractivity contribution < 1.29 is 9.32 Å². The van der Waals surface area contributed by atoms with E-state index < -0.39 is 0 Å². The zero-order valence-electron chi connectivity index (χ0n) is 19.2. The van der Waals surface area contributed by atoms with Crippen LogP contribution < -0.4 is 5.32 Å². The first-order valence-corrected chi connectivity index (χ1v) is 12.7. The van der Waals surface area contributed by atoms with E-state index in [9.17, 15) is 4.79 Å². The number of fused-ring (bicyclic) bond motifs is 1. The lowest BCUT2D eigenvalue weighted by Crippen LogP contribution is -2.17. The molecule has 2 heterocycles. The highest BCUT2D eigenvalue weighted by atomic mass is 32.2. The quantitative estimate of drug-likeness (QED) is 0.444. The molecular weight excluding hydrogens is 430 g/mol. The van der Waals surface area contributed by atoms with Gasteiger partial charge in [0, 0.05) is 23.3 Å². The lowest BCUT2D eigenvalue weighted by Gasteiger charge is -2.17. The summed E-state index contributed by atoms with van der Waals surface area (Å²) < 4.78 is 5.65. The Labute approximate surface area is 199 Å². The molecule has 5 nitrogen and oxygen atoms in total. The Hall–Kier alpha value is -2.86. The third-order valence-electron chi connectivity index (χ3n) is 7.11. The van der Waals surface area contributed by atoms with Crippen LogP contribution in [0.4, 0.5) is 0 Å². The van der Waals surface area contributed by atoms with Gasteiger partial charge < -0.3 is 9.84 Å². The van der Waals surface area contributed by atoms with E-state index in [1.807, 2.05) is 30.5 Å². The molecule has 1 aromatic heterocycles. The van der Waals surface area contributed by atoms with Crippen LogP contribution in [0.15, 0.2) is 58.5 Å². The van der Waals surface area contributed by atoms with E-state index in [2.05, 4.69) is 54.7 Å². The fourth-order valence-corrected chi connectivity index (χ4v) is 5.74. The number of rotatable bonds is 7. The summed E-state index contributed by atoms with van der Waals surface area (Å²) in [6.45, 7) is 6.35. The van der Waals surface area contributed by atoms with Gasteiger partial charge in [-0.15, -0.1) is 11.8 Å². The van der Waals surface area contributed by atoms with E-state index in [-0.39, 0.29) is 11.3 Å². The molecule has 1 aliphatic heterocycles. The molecule has 5 rings (SSSR count). The van der Waals surface area contributed by atoms with Gasteiger partial charge in [0.05, 0.1) is 0 Å². The molecule has 2 aromatic carbocycles. The van der Waals surface area contributed by atoms with Gasteiger partial charge in [-0.25, -0.2) is 0 Å². The van der Waals surface area contributed by atoms with Crippen LogP contribution in [0.5, 0.6) is 0 Å². The van der Waals surface area contributed by atoms with Gasteiger partial charge in [0.2, 0.25) is 5.82 Å². The Balaban J connectivity index is 1.34. The number of aromatic nitrogens is 2. The summed E-state index contributed by atoms with van der Waals surface area (Å²) in [6.07, 6.45) is 2.42. The van der Waals surface area contributed by atoms with Gasteiger partial charge in [0.1, 0.15) is 16.9 Å². The molecule has 1 aliphatic carbocycles. The third-order valence-corrected chi connectivity index (χ3v) is 8.14. The second kappa shape index (κ2) is 9.18. The van der Waals surface area contributed by atoms with E-state index in [4.69, 9.17) is 9.51 Å². The highest BCUT2D eigenvalue weighted by Gasteiger charge is 2.34. The first-order valence-electron chi connectivity index (χ1n) is 11.7. The van der Waals surface area contributed by atoms with Gasteiger partial charge in [-0.3, -0.25) is 4.79 Å². The molecule has 0 amide bonds. The molecule has 4 atom stereocenters. The number of Topliss-reactive ketones (excluding diaryl/α,β-unsaturated/α-hetero) is 1. The van der Waals surface area contributed by atoms with Crippen LogP contribution in [-0.2, 0) is 11.2 Å². The molecule has 1 N–H and O–H groups in total. The monoisotopic (exact) mass is 459 g/mol. The van der Waals surface area contributed by atoms with E-state index >= 15 is 0 Å². The van der Waals surface area contributed by atoms with Crippen molar-refractivity contribution in [2.75, 3.05) is 0 Å². The topological polar surface area (TPSA) is 68.0 Å². The van der Waals surface area contributed by atoms with E-state index in [0.717, 1.165) is 24.1 Å². The highest BCUT2D eigenvalue weighted by Crippen LogP contribution is 2.44. The van der Waals surface area contributed by atoms with Crippen LogP contribution >= 0.6 is 11.8 Å². The Morgan fingerprint density at radius 1 is 1.21 bits per heavy atom. The molecule has 0 saturated carbocycles. The van der Waals surface area contributed by atoms with Gasteiger partial charge in [-0.05, 0) is 41.4 Å². The highest BCUT2D eigenvalue weighted by molar-refractivity contribution is 8.02. The van der Waals surface area contributed by atoms with E-state index in [0.29, 0.717) is 35.8 Å². The third kappa shape index (κ3) is 4.24. The van der Waals surface area contributed by atoms with Gasteiger partial charge in [0.15, 0.2) is 0 Å². The summed E-state index contributed by atoms with van der Waals surface area (Å²) in [4.78, 5) is 17.3. The lowest BCUT2D eigenvalue weighted by atomic mass is 9.86. The summed E-state index contributed by atoms with van der Waals surface area (Å²) in [5, 5.41) is 9.98. The first-order chi connectivity index (χ1) is 16.0. The van der Waals surface area contributed by atoms with Gasteiger partial charge in [0.25, 0.3) is 5.89 Å². The number of nitrogens with zero attached hydrogens (tertiary/aromatic N) is 2. The molecule has 2 unspecified atom stereocenters. The molecule has 0 saturated heterocycles. The van der Waals surface area contributed by atoms with E-state index in [1.54, 1.807) is 11.8 Å². The predicted octanol–water partition coefficient (Wildman–Crippen LogP) is 6.35. The normalized spacial score (nSPS) is 22.5. The van der Waals surface area contributed by atoms with Crippen LogP contribution in [0.1, 0.15) is 67.5 Å². The summed E-state index contributed by atoms with van der Waals surface area (Å²) in [5.41, 5.74) is 5.63. The van der Waals surface area contributed by atoms with Crippen LogP contribution in [-0.4, -0.2) is 15.9 Å². The molecule has 0 fully saturated rings. The van der Waals surface area contributed by atoms with Gasteiger partial charge in [-0.2, -0.15) is 4.98 Å². The van der Waals surface area contributed by atoms with Crippen LogP contribution in [0.25, 0.3) is 17.1 Å². The van der Waals surface area contributed by atoms with Crippen LogP contribution in [0, 0.1) is 11.8 Å². The predicted molar refractivity (Wildman–Crippen MR) is 132 cm³/mol.